The molecule has 0 aliphatic carbocycles. The van der Waals surface area contributed by atoms with Crippen LogP contribution in [-0.2, 0) is 6.42 Å². The second kappa shape index (κ2) is 7.74. The van der Waals surface area contributed by atoms with E-state index in [0.717, 1.165) is 22.3 Å². The van der Waals surface area contributed by atoms with Gasteiger partial charge in [0.1, 0.15) is 0 Å². The smallest absolute Gasteiger partial charge is 0.216 e. The summed E-state index contributed by atoms with van der Waals surface area (Å²) < 4.78 is 14.1. The standard InChI is InChI=1S/C15H19BrN4O2S/c1-5-13-18-19-15(23)20(13)17-8-10-6-11(16)14(22-9(2)3)12(7-10)21-4/h6-9H,5H2,1-4H3,(H,19,23)/b17-8-. The minimum Gasteiger partial charge on any atom is -0.493 e. The predicted octanol–water partition coefficient (Wildman–Crippen LogP) is 3.94. The number of hydrogen-bond donors (Lipinski definition) is 1. The van der Waals surface area contributed by atoms with Crippen molar-refractivity contribution in [2.45, 2.75) is 33.3 Å². The fourth-order valence-corrected chi connectivity index (χ4v) is 2.71. The first kappa shape index (κ1) is 17.7. The third-order valence-corrected chi connectivity index (χ3v) is 3.81. The Bertz CT molecular complexity index is 767. The van der Waals surface area contributed by atoms with Crippen LogP contribution >= 0.6 is 28.1 Å². The topological polar surface area (TPSA) is 64.4 Å². The lowest BCUT2D eigenvalue weighted by atomic mass is 10.2. The predicted molar refractivity (Wildman–Crippen MR) is 96.2 cm³/mol. The molecule has 1 aromatic heterocycles. The molecule has 0 aliphatic heterocycles. The number of benzene rings is 1. The molecule has 0 radical (unpaired) electrons. The number of rotatable bonds is 6. The molecule has 1 heterocycles. The molecule has 124 valence electrons. The first-order chi connectivity index (χ1) is 11.0. The molecule has 1 aromatic carbocycles. The monoisotopic (exact) mass is 398 g/mol. The van der Waals surface area contributed by atoms with Gasteiger partial charge in [0.25, 0.3) is 0 Å². The van der Waals surface area contributed by atoms with Crippen LogP contribution in [0.1, 0.15) is 32.2 Å². The molecule has 1 N–H and O–H groups in total. The van der Waals surface area contributed by atoms with Crippen molar-refractivity contribution in [1.82, 2.24) is 14.9 Å². The number of nitrogens with one attached hydrogen (secondary N) is 1. The number of aromatic amines is 1. The third-order valence-electron chi connectivity index (χ3n) is 2.96. The minimum absolute atomic E-state index is 0.0519. The van der Waals surface area contributed by atoms with E-state index >= 15 is 0 Å². The van der Waals surface area contributed by atoms with Crippen molar-refractivity contribution < 1.29 is 9.47 Å². The molecule has 0 saturated heterocycles. The van der Waals surface area contributed by atoms with E-state index in [1.165, 1.54) is 0 Å². The average molecular weight is 399 g/mol. The van der Waals surface area contributed by atoms with Crippen molar-refractivity contribution in [3.63, 3.8) is 0 Å². The van der Waals surface area contributed by atoms with Crippen molar-refractivity contribution in [1.29, 1.82) is 0 Å². The number of aromatic nitrogens is 3. The molecule has 23 heavy (non-hydrogen) atoms. The minimum atomic E-state index is 0.0519. The molecule has 0 unspecified atom stereocenters. The Morgan fingerprint density at radius 3 is 2.83 bits per heavy atom. The van der Waals surface area contributed by atoms with Crippen molar-refractivity contribution in [3.8, 4) is 11.5 Å². The summed E-state index contributed by atoms with van der Waals surface area (Å²) in [5.74, 6) is 2.09. The van der Waals surface area contributed by atoms with Gasteiger partial charge < -0.3 is 9.47 Å². The number of hydrogen-bond acceptors (Lipinski definition) is 5. The Hall–Kier alpha value is -1.67. The summed E-state index contributed by atoms with van der Waals surface area (Å²) in [6.07, 6.45) is 2.49. The van der Waals surface area contributed by atoms with Gasteiger partial charge in [-0.05, 0) is 59.7 Å². The van der Waals surface area contributed by atoms with E-state index in [1.54, 1.807) is 18.0 Å². The van der Waals surface area contributed by atoms with Crippen LogP contribution < -0.4 is 9.47 Å². The molecule has 0 bridgehead atoms. The normalized spacial score (nSPS) is 11.4. The number of nitrogens with zero attached hydrogens (tertiary/aromatic N) is 3. The van der Waals surface area contributed by atoms with Gasteiger partial charge in [-0.3, -0.25) is 5.10 Å². The summed E-state index contributed by atoms with van der Waals surface area (Å²) in [7, 11) is 1.61. The summed E-state index contributed by atoms with van der Waals surface area (Å²) >= 11 is 8.69. The quantitative estimate of drug-likeness (QED) is 0.590. The Morgan fingerprint density at radius 1 is 1.48 bits per heavy atom. The van der Waals surface area contributed by atoms with Crippen molar-refractivity contribution in [3.05, 3.63) is 32.8 Å². The van der Waals surface area contributed by atoms with Gasteiger partial charge in [-0.25, -0.2) is 0 Å². The maximum absolute atomic E-state index is 5.77. The zero-order valence-corrected chi connectivity index (χ0v) is 15.9. The zero-order valence-electron chi connectivity index (χ0n) is 13.5. The van der Waals surface area contributed by atoms with E-state index in [1.807, 2.05) is 32.9 Å². The van der Waals surface area contributed by atoms with Crippen LogP contribution in [0.5, 0.6) is 11.5 Å². The van der Waals surface area contributed by atoms with E-state index in [9.17, 15) is 0 Å². The van der Waals surface area contributed by atoms with Gasteiger partial charge in [-0.2, -0.15) is 14.9 Å². The molecule has 8 heteroatoms. The SMILES string of the molecule is CCc1n[nH]c(=S)n1/N=C\c1cc(Br)c(OC(C)C)c(OC)c1. The Labute approximate surface area is 148 Å². The highest BCUT2D eigenvalue weighted by atomic mass is 79.9. The first-order valence-corrected chi connectivity index (χ1v) is 8.41. The van der Waals surface area contributed by atoms with Gasteiger partial charge in [0.15, 0.2) is 17.3 Å². The Balaban J connectivity index is 2.37. The van der Waals surface area contributed by atoms with Gasteiger partial charge in [0, 0.05) is 6.42 Å². The van der Waals surface area contributed by atoms with Gasteiger partial charge in [-0.15, -0.1) is 0 Å². The van der Waals surface area contributed by atoms with E-state index in [2.05, 4.69) is 31.2 Å². The molecular formula is C15H19BrN4O2S. The number of H-pyrrole nitrogens is 1. The molecule has 0 aliphatic rings. The Morgan fingerprint density at radius 2 is 2.22 bits per heavy atom. The fraction of sp³-hybridized carbons (Fsp3) is 0.400. The van der Waals surface area contributed by atoms with Gasteiger partial charge >= 0.3 is 0 Å². The Kier molecular flexibility index (Phi) is 5.95. The van der Waals surface area contributed by atoms with Crippen LogP contribution in [0.2, 0.25) is 0 Å². The fourth-order valence-electron chi connectivity index (χ4n) is 1.96. The van der Waals surface area contributed by atoms with Crippen LogP contribution in [0.3, 0.4) is 0 Å². The highest BCUT2D eigenvalue weighted by Crippen LogP contribution is 2.36. The molecule has 0 atom stereocenters. The number of methoxy groups -OCH3 is 1. The first-order valence-electron chi connectivity index (χ1n) is 7.21. The summed E-state index contributed by atoms with van der Waals surface area (Å²) in [6.45, 7) is 5.93. The van der Waals surface area contributed by atoms with Gasteiger partial charge in [0.2, 0.25) is 4.77 Å². The highest BCUT2D eigenvalue weighted by Gasteiger charge is 2.12. The highest BCUT2D eigenvalue weighted by molar-refractivity contribution is 9.10. The largest absolute Gasteiger partial charge is 0.493 e. The summed E-state index contributed by atoms with van der Waals surface area (Å²) in [5.41, 5.74) is 0.856. The van der Waals surface area contributed by atoms with Crippen molar-refractivity contribution in [2.75, 3.05) is 7.11 Å². The van der Waals surface area contributed by atoms with Crippen LogP contribution in [-0.4, -0.2) is 34.3 Å². The number of ether oxygens (including phenoxy) is 2. The molecule has 2 rings (SSSR count). The number of halogens is 1. The van der Waals surface area contributed by atoms with Crippen LogP contribution in [0.25, 0.3) is 0 Å². The maximum Gasteiger partial charge on any atom is 0.216 e. The lowest BCUT2D eigenvalue weighted by Gasteiger charge is -2.15. The maximum atomic E-state index is 5.77. The van der Waals surface area contributed by atoms with E-state index in [0.29, 0.717) is 16.3 Å². The molecule has 2 aromatic rings. The molecule has 6 nitrogen and oxygen atoms in total. The second-order valence-electron chi connectivity index (χ2n) is 5.06. The second-order valence-corrected chi connectivity index (χ2v) is 6.30. The molecule has 0 saturated carbocycles. The van der Waals surface area contributed by atoms with Crippen molar-refractivity contribution >= 4 is 34.4 Å². The van der Waals surface area contributed by atoms with Crippen LogP contribution in [0.4, 0.5) is 0 Å². The lowest BCUT2D eigenvalue weighted by molar-refractivity contribution is 0.228. The third kappa shape index (κ3) is 4.20. The van der Waals surface area contributed by atoms with Crippen LogP contribution in [0, 0.1) is 4.77 Å². The molecular weight excluding hydrogens is 380 g/mol. The summed E-state index contributed by atoms with van der Waals surface area (Å²) in [5, 5.41) is 11.3. The van der Waals surface area contributed by atoms with E-state index < -0.39 is 0 Å². The van der Waals surface area contributed by atoms with E-state index in [-0.39, 0.29) is 6.10 Å². The van der Waals surface area contributed by atoms with Gasteiger partial charge in [-0.1, -0.05) is 6.92 Å². The summed E-state index contributed by atoms with van der Waals surface area (Å²) in [6, 6.07) is 3.78. The average Bonchev–Trinajstić information content (AvgIpc) is 2.87. The van der Waals surface area contributed by atoms with Crippen LogP contribution in [0.15, 0.2) is 21.7 Å². The van der Waals surface area contributed by atoms with E-state index in [4.69, 9.17) is 21.7 Å². The molecule has 0 fully saturated rings. The van der Waals surface area contributed by atoms with Crippen molar-refractivity contribution in [2.24, 2.45) is 5.10 Å². The molecule has 0 spiro atoms. The lowest BCUT2D eigenvalue weighted by Crippen LogP contribution is -2.07. The zero-order chi connectivity index (χ0) is 17.0. The number of aryl methyl sites for hydroxylation is 1. The molecule has 0 amide bonds. The summed E-state index contributed by atoms with van der Waals surface area (Å²) in [4.78, 5) is 0. The van der Waals surface area contributed by atoms with Gasteiger partial charge in [0.05, 0.1) is 23.9 Å².